The summed E-state index contributed by atoms with van der Waals surface area (Å²) >= 11 is 0. The molecule has 0 spiro atoms. The first-order valence-electron chi connectivity index (χ1n) is 9.94. The van der Waals surface area contributed by atoms with Gasteiger partial charge < -0.3 is 15.0 Å². The van der Waals surface area contributed by atoms with E-state index in [0.717, 1.165) is 43.7 Å². The summed E-state index contributed by atoms with van der Waals surface area (Å²) in [6.45, 7) is 2.68. The summed E-state index contributed by atoms with van der Waals surface area (Å²) in [5.41, 5.74) is 0.980. The molecular weight excluding hydrogens is 356 g/mol. The first-order valence-corrected chi connectivity index (χ1v) is 9.94. The molecule has 1 atom stereocenters. The van der Waals surface area contributed by atoms with E-state index < -0.39 is 0 Å². The van der Waals surface area contributed by atoms with Crippen molar-refractivity contribution in [2.75, 3.05) is 31.6 Å². The van der Waals surface area contributed by atoms with Gasteiger partial charge in [-0.05, 0) is 24.8 Å². The van der Waals surface area contributed by atoms with Gasteiger partial charge in [0.2, 0.25) is 11.8 Å². The molecule has 2 aromatic rings. The summed E-state index contributed by atoms with van der Waals surface area (Å²) in [6, 6.07) is 11.7. The van der Waals surface area contributed by atoms with Crippen LogP contribution < -0.4 is 5.32 Å². The highest BCUT2D eigenvalue weighted by atomic mass is 16.5. The van der Waals surface area contributed by atoms with Gasteiger partial charge in [-0.15, -0.1) is 0 Å². The summed E-state index contributed by atoms with van der Waals surface area (Å²) < 4.78 is 7.23. The number of hydrogen-bond donors (Lipinski definition) is 1. The summed E-state index contributed by atoms with van der Waals surface area (Å²) in [6.07, 6.45) is 4.55. The third-order valence-corrected chi connectivity index (χ3v) is 5.55. The Morgan fingerprint density at radius 1 is 1.11 bits per heavy atom. The molecule has 0 aliphatic carbocycles. The van der Waals surface area contributed by atoms with Crippen LogP contribution in [-0.4, -0.2) is 52.8 Å². The Morgan fingerprint density at radius 3 is 2.61 bits per heavy atom. The second-order valence-corrected chi connectivity index (χ2v) is 7.49. The molecular formula is C21H26N4O3. The van der Waals surface area contributed by atoms with Gasteiger partial charge in [0, 0.05) is 25.8 Å². The van der Waals surface area contributed by atoms with Crippen LogP contribution in [0, 0.1) is 5.92 Å². The highest BCUT2D eigenvalue weighted by molar-refractivity contribution is 5.91. The lowest BCUT2D eigenvalue weighted by molar-refractivity contribution is -0.136. The predicted octanol–water partition coefficient (Wildman–Crippen LogP) is 2.26. The lowest BCUT2D eigenvalue weighted by atomic mass is 10.0. The number of hydrogen-bond acceptors (Lipinski definition) is 4. The average Bonchev–Trinajstić information content (AvgIpc) is 3.40. The van der Waals surface area contributed by atoms with Crippen molar-refractivity contribution in [3.05, 3.63) is 48.2 Å². The minimum atomic E-state index is -0.0539. The van der Waals surface area contributed by atoms with E-state index in [2.05, 4.69) is 10.4 Å². The molecule has 2 amide bonds. The van der Waals surface area contributed by atoms with Crippen LogP contribution in [0.4, 0.5) is 5.82 Å². The maximum atomic E-state index is 12.5. The van der Waals surface area contributed by atoms with Crippen molar-refractivity contribution in [1.29, 1.82) is 0 Å². The average molecular weight is 382 g/mol. The van der Waals surface area contributed by atoms with Gasteiger partial charge in [0.15, 0.2) is 0 Å². The van der Waals surface area contributed by atoms with Crippen LogP contribution in [-0.2, 0) is 20.7 Å². The van der Waals surface area contributed by atoms with Crippen molar-refractivity contribution in [1.82, 2.24) is 14.7 Å². The van der Waals surface area contributed by atoms with E-state index in [4.69, 9.17) is 4.74 Å². The SMILES string of the molecule is O=C(Cc1ccccc1)Nc1ccnn1C1CCN(C(=O)[C@@H]2CCOC2)CC1. The van der Waals surface area contributed by atoms with E-state index in [9.17, 15) is 9.59 Å². The van der Waals surface area contributed by atoms with Crippen molar-refractivity contribution in [2.45, 2.75) is 31.7 Å². The highest BCUT2D eigenvalue weighted by Gasteiger charge is 2.31. The maximum Gasteiger partial charge on any atom is 0.229 e. The molecule has 1 aromatic heterocycles. The van der Waals surface area contributed by atoms with Crippen LogP contribution in [0.1, 0.15) is 30.9 Å². The van der Waals surface area contributed by atoms with Gasteiger partial charge in [-0.1, -0.05) is 30.3 Å². The van der Waals surface area contributed by atoms with Crippen LogP contribution >= 0.6 is 0 Å². The maximum absolute atomic E-state index is 12.5. The van der Waals surface area contributed by atoms with Crippen molar-refractivity contribution in [2.24, 2.45) is 5.92 Å². The lowest BCUT2D eigenvalue weighted by Gasteiger charge is -2.34. The molecule has 3 heterocycles. The van der Waals surface area contributed by atoms with E-state index in [-0.39, 0.29) is 23.8 Å². The molecule has 0 bridgehead atoms. The fraction of sp³-hybridized carbons (Fsp3) is 0.476. The van der Waals surface area contributed by atoms with Gasteiger partial charge >= 0.3 is 0 Å². The largest absolute Gasteiger partial charge is 0.381 e. The molecule has 148 valence electrons. The monoisotopic (exact) mass is 382 g/mol. The van der Waals surface area contributed by atoms with Crippen LogP contribution in [0.5, 0.6) is 0 Å². The molecule has 0 saturated carbocycles. The van der Waals surface area contributed by atoms with Gasteiger partial charge in [0.1, 0.15) is 5.82 Å². The highest BCUT2D eigenvalue weighted by Crippen LogP contribution is 2.27. The van der Waals surface area contributed by atoms with E-state index in [1.807, 2.05) is 46.0 Å². The van der Waals surface area contributed by atoms with Crippen molar-refractivity contribution in [3.63, 3.8) is 0 Å². The van der Waals surface area contributed by atoms with Gasteiger partial charge in [-0.25, -0.2) is 4.68 Å². The number of likely N-dealkylation sites (tertiary alicyclic amines) is 1. The van der Waals surface area contributed by atoms with Crippen LogP contribution in [0.3, 0.4) is 0 Å². The first kappa shape index (κ1) is 18.7. The summed E-state index contributed by atoms with van der Waals surface area (Å²) in [4.78, 5) is 26.9. The summed E-state index contributed by atoms with van der Waals surface area (Å²) in [7, 11) is 0. The van der Waals surface area contributed by atoms with E-state index in [1.54, 1.807) is 6.20 Å². The second-order valence-electron chi connectivity index (χ2n) is 7.49. The van der Waals surface area contributed by atoms with Crippen LogP contribution in [0.2, 0.25) is 0 Å². The molecule has 7 heteroatoms. The van der Waals surface area contributed by atoms with Gasteiger partial charge in [-0.2, -0.15) is 5.10 Å². The number of aromatic nitrogens is 2. The predicted molar refractivity (Wildman–Crippen MR) is 105 cm³/mol. The Bertz CT molecular complexity index is 806. The number of anilines is 1. The van der Waals surface area contributed by atoms with Crippen molar-refractivity contribution in [3.8, 4) is 0 Å². The van der Waals surface area contributed by atoms with Crippen LogP contribution in [0.15, 0.2) is 42.6 Å². The molecule has 28 heavy (non-hydrogen) atoms. The smallest absolute Gasteiger partial charge is 0.229 e. The Hall–Kier alpha value is -2.67. The Morgan fingerprint density at radius 2 is 1.89 bits per heavy atom. The third-order valence-electron chi connectivity index (χ3n) is 5.55. The fourth-order valence-electron chi connectivity index (χ4n) is 3.99. The zero-order valence-corrected chi connectivity index (χ0v) is 15.9. The number of piperidine rings is 1. The number of ether oxygens (including phenoxy) is 1. The fourth-order valence-corrected chi connectivity index (χ4v) is 3.99. The van der Waals surface area contributed by atoms with E-state index >= 15 is 0 Å². The number of amides is 2. The normalized spacial score (nSPS) is 20.3. The van der Waals surface area contributed by atoms with Crippen LogP contribution in [0.25, 0.3) is 0 Å². The first-order chi connectivity index (χ1) is 13.7. The lowest BCUT2D eigenvalue weighted by Crippen LogP contribution is -2.42. The zero-order chi connectivity index (χ0) is 19.3. The molecule has 2 aliphatic rings. The summed E-state index contributed by atoms with van der Waals surface area (Å²) in [5.74, 6) is 0.901. The van der Waals surface area contributed by atoms with Crippen molar-refractivity contribution < 1.29 is 14.3 Å². The number of benzene rings is 1. The molecule has 0 unspecified atom stereocenters. The van der Waals surface area contributed by atoms with Gasteiger partial charge in [0.25, 0.3) is 0 Å². The number of nitrogens with one attached hydrogen (secondary N) is 1. The molecule has 1 aromatic carbocycles. The minimum absolute atomic E-state index is 0.0223. The minimum Gasteiger partial charge on any atom is -0.381 e. The molecule has 2 fully saturated rings. The zero-order valence-electron chi connectivity index (χ0n) is 15.9. The topological polar surface area (TPSA) is 76.5 Å². The molecule has 1 N–H and O–H groups in total. The number of carbonyl (C=O) groups excluding carboxylic acids is 2. The quantitative estimate of drug-likeness (QED) is 0.861. The Balaban J connectivity index is 1.33. The molecule has 7 nitrogen and oxygen atoms in total. The molecule has 4 rings (SSSR count). The van der Waals surface area contributed by atoms with Gasteiger partial charge in [-0.3, -0.25) is 9.59 Å². The third kappa shape index (κ3) is 4.25. The van der Waals surface area contributed by atoms with E-state index in [0.29, 0.717) is 19.6 Å². The van der Waals surface area contributed by atoms with Gasteiger partial charge in [0.05, 0.1) is 31.2 Å². The molecule has 0 radical (unpaired) electrons. The Kier molecular flexibility index (Phi) is 5.71. The number of nitrogens with zero attached hydrogens (tertiary/aromatic N) is 3. The molecule has 2 saturated heterocycles. The van der Waals surface area contributed by atoms with E-state index in [1.165, 1.54) is 0 Å². The second kappa shape index (κ2) is 8.56. The summed E-state index contributed by atoms with van der Waals surface area (Å²) in [5, 5.41) is 7.41. The standard InChI is InChI=1S/C21H26N4O3/c26-20(14-16-4-2-1-3-5-16)23-19-6-10-22-25(19)18-7-11-24(12-8-18)21(27)17-9-13-28-15-17/h1-6,10,17-18H,7-9,11-15H2,(H,23,26)/t17-/m1/s1. The number of carbonyl (C=O) groups is 2. The Labute approximate surface area is 164 Å². The molecule has 2 aliphatic heterocycles. The number of rotatable bonds is 5. The van der Waals surface area contributed by atoms with Crippen molar-refractivity contribution >= 4 is 17.6 Å².